The second kappa shape index (κ2) is 4.29. The van der Waals surface area contributed by atoms with E-state index in [4.69, 9.17) is 11.6 Å². The molecule has 0 aliphatic heterocycles. The highest BCUT2D eigenvalue weighted by molar-refractivity contribution is 9.10. The molecule has 0 spiro atoms. The maximum atomic E-state index is 12.5. The summed E-state index contributed by atoms with van der Waals surface area (Å²) in [4.78, 5) is 25.1. The number of Topliss-reactive ketones (excluding diaryl/α,β-unsaturated/α-hetero) is 2. The van der Waals surface area contributed by atoms with E-state index in [1.807, 2.05) is 0 Å². The lowest BCUT2D eigenvalue weighted by Crippen LogP contribution is -2.31. The molecular formula is C15H8BrClO2. The van der Waals surface area contributed by atoms with E-state index in [2.05, 4.69) is 15.9 Å². The maximum absolute atomic E-state index is 12.5. The Morgan fingerprint density at radius 1 is 0.895 bits per heavy atom. The number of alkyl halides is 1. The van der Waals surface area contributed by atoms with Crippen molar-refractivity contribution in [2.75, 3.05) is 0 Å². The van der Waals surface area contributed by atoms with Gasteiger partial charge >= 0.3 is 0 Å². The monoisotopic (exact) mass is 334 g/mol. The van der Waals surface area contributed by atoms with Crippen LogP contribution >= 0.6 is 27.5 Å². The second-order valence-corrected chi connectivity index (χ2v) is 6.00. The number of ketones is 2. The number of carbonyl (C=O) groups excluding carboxylic acids is 2. The third kappa shape index (κ3) is 1.69. The van der Waals surface area contributed by atoms with Crippen molar-refractivity contribution in [2.24, 2.45) is 0 Å². The molecule has 0 atom stereocenters. The van der Waals surface area contributed by atoms with Gasteiger partial charge in [0.2, 0.25) is 0 Å². The van der Waals surface area contributed by atoms with Crippen LogP contribution in [0.2, 0.25) is 5.02 Å². The van der Waals surface area contributed by atoms with Crippen molar-refractivity contribution in [2.45, 2.75) is 4.32 Å². The Bertz CT molecular complexity index is 674. The van der Waals surface area contributed by atoms with E-state index in [0.717, 1.165) is 0 Å². The smallest absolute Gasteiger partial charge is 0.192 e. The minimum absolute atomic E-state index is 0.240. The molecule has 0 saturated heterocycles. The molecule has 0 bridgehead atoms. The molecule has 0 saturated carbocycles. The molecular weight excluding hydrogens is 328 g/mol. The molecule has 1 aliphatic rings. The number of carbonyl (C=O) groups is 2. The van der Waals surface area contributed by atoms with Gasteiger partial charge in [-0.05, 0) is 17.7 Å². The van der Waals surface area contributed by atoms with E-state index in [0.29, 0.717) is 21.7 Å². The first-order valence-corrected chi connectivity index (χ1v) is 6.86. The minimum atomic E-state index is -1.35. The molecule has 94 valence electrons. The largest absolute Gasteiger partial charge is 0.292 e. The van der Waals surface area contributed by atoms with Crippen LogP contribution in [0.4, 0.5) is 0 Å². The number of halogens is 2. The van der Waals surface area contributed by atoms with Gasteiger partial charge in [0.15, 0.2) is 15.9 Å². The van der Waals surface area contributed by atoms with E-state index < -0.39 is 4.32 Å². The number of benzene rings is 2. The Morgan fingerprint density at radius 3 is 2.00 bits per heavy atom. The normalized spacial score (nSPS) is 16.5. The van der Waals surface area contributed by atoms with Gasteiger partial charge in [-0.15, -0.1) is 0 Å². The maximum Gasteiger partial charge on any atom is 0.192 e. The second-order valence-electron chi connectivity index (χ2n) is 4.37. The Hall–Kier alpha value is -1.45. The van der Waals surface area contributed by atoms with Crippen LogP contribution in [-0.4, -0.2) is 11.6 Å². The van der Waals surface area contributed by atoms with Gasteiger partial charge < -0.3 is 0 Å². The Balaban J connectivity index is 2.23. The summed E-state index contributed by atoms with van der Waals surface area (Å²) in [6.07, 6.45) is 0. The molecule has 0 fully saturated rings. The van der Waals surface area contributed by atoms with E-state index in [1.165, 1.54) is 0 Å². The molecule has 19 heavy (non-hydrogen) atoms. The highest BCUT2D eigenvalue weighted by atomic mass is 79.9. The van der Waals surface area contributed by atoms with Crippen LogP contribution in [0.25, 0.3) is 0 Å². The number of hydrogen-bond acceptors (Lipinski definition) is 2. The van der Waals surface area contributed by atoms with E-state index in [1.54, 1.807) is 48.5 Å². The van der Waals surface area contributed by atoms with E-state index in [-0.39, 0.29) is 11.6 Å². The van der Waals surface area contributed by atoms with Gasteiger partial charge in [0.1, 0.15) is 0 Å². The van der Waals surface area contributed by atoms with Gasteiger partial charge in [-0.25, -0.2) is 0 Å². The molecule has 0 heterocycles. The molecule has 0 aromatic heterocycles. The minimum Gasteiger partial charge on any atom is -0.292 e. The molecule has 0 unspecified atom stereocenters. The van der Waals surface area contributed by atoms with E-state index in [9.17, 15) is 9.59 Å². The van der Waals surface area contributed by atoms with Crippen molar-refractivity contribution in [1.29, 1.82) is 0 Å². The van der Waals surface area contributed by atoms with Gasteiger partial charge in [-0.1, -0.05) is 63.9 Å². The summed E-state index contributed by atoms with van der Waals surface area (Å²) < 4.78 is -1.35. The Kier molecular flexibility index (Phi) is 2.84. The predicted molar refractivity (Wildman–Crippen MR) is 77.2 cm³/mol. The third-order valence-electron chi connectivity index (χ3n) is 3.26. The molecule has 0 N–H and O–H groups in total. The van der Waals surface area contributed by atoms with Crippen LogP contribution in [0.3, 0.4) is 0 Å². The summed E-state index contributed by atoms with van der Waals surface area (Å²) in [5.41, 5.74) is 1.46. The summed E-state index contributed by atoms with van der Waals surface area (Å²) in [6.45, 7) is 0. The van der Waals surface area contributed by atoms with Crippen molar-refractivity contribution in [3.63, 3.8) is 0 Å². The average Bonchev–Trinajstić information content (AvgIpc) is 2.63. The predicted octanol–water partition coefficient (Wildman–Crippen LogP) is 4.01. The molecule has 2 aromatic carbocycles. The highest BCUT2D eigenvalue weighted by Gasteiger charge is 2.52. The summed E-state index contributed by atoms with van der Waals surface area (Å²) in [5, 5.41) is 0.493. The SMILES string of the molecule is O=C1c2ccccc2C(=O)C1(Br)c1cccc(Cl)c1. The summed E-state index contributed by atoms with van der Waals surface area (Å²) in [5.74, 6) is -0.481. The van der Waals surface area contributed by atoms with Gasteiger partial charge in [0, 0.05) is 16.1 Å². The molecule has 4 heteroatoms. The Morgan fingerprint density at radius 2 is 1.47 bits per heavy atom. The third-order valence-corrected chi connectivity index (χ3v) is 4.68. The van der Waals surface area contributed by atoms with Gasteiger partial charge in [0.05, 0.1) is 0 Å². The van der Waals surface area contributed by atoms with Crippen LogP contribution in [0.15, 0.2) is 48.5 Å². The average molecular weight is 336 g/mol. The quantitative estimate of drug-likeness (QED) is 0.583. The molecule has 1 aliphatic carbocycles. The first kappa shape index (κ1) is 12.6. The lowest BCUT2D eigenvalue weighted by Gasteiger charge is -2.18. The van der Waals surface area contributed by atoms with Crippen LogP contribution < -0.4 is 0 Å². The molecule has 2 nitrogen and oxygen atoms in total. The Labute approximate surface area is 123 Å². The molecule has 0 radical (unpaired) electrons. The van der Waals surface area contributed by atoms with Crippen molar-refractivity contribution >= 4 is 39.1 Å². The lowest BCUT2D eigenvalue weighted by molar-refractivity contribution is 0.0871. The van der Waals surface area contributed by atoms with Crippen LogP contribution in [-0.2, 0) is 4.32 Å². The summed E-state index contributed by atoms with van der Waals surface area (Å²) in [6, 6.07) is 13.6. The van der Waals surface area contributed by atoms with E-state index >= 15 is 0 Å². The summed E-state index contributed by atoms with van der Waals surface area (Å²) in [7, 11) is 0. The fraction of sp³-hybridized carbons (Fsp3) is 0.0667. The first-order valence-electron chi connectivity index (χ1n) is 5.68. The number of rotatable bonds is 1. The van der Waals surface area contributed by atoms with Crippen LogP contribution in [0, 0.1) is 0 Å². The topological polar surface area (TPSA) is 34.1 Å². The number of fused-ring (bicyclic) bond motifs is 1. The fourth-order valence-corrected chi connectivity index (χ4v) is 3.18. The van der Waals surface area contributed by atoms with Crippen molar-refractivity contribution in [3.8, 4) is 0 Å². The summed E-state index contributed by atoms with van der Waals surface area (Å²) >= 11 is 9.29. The highest BCUT2D eigenvalue weighted by Crippen LogP contribution is 2.44. The fourth-order valence-electron chi connectivity index (χ4n) is 2.32. The van der Waals surface area contributed by atoms with Crippen LogP contribution in [0.5, 0.6) is 0 Å². The van der Waals surface area contributed by atoms with Gasteiger partial charge in [0.25, 0.3) is 0 Å². The van der Waals surface area contributed by atoms with Gasteiger partial charge in [-0.2, -0.15) is 0 Å². The molecule has 3 rings (SSSR count). The van der Waals surface area contributed by atoms with Crippen LogP contribution in [0.1, 0.15) is 26.3 Å². The van der Waals surface area contributed by atoms with Gasteiger partial charge in [-0.3, -0.25) is 9.59 Å². The van der Waals surface area contributed by atoms with Crippen molar-refractivity contribution in [3.05, 3.63) is 70.2 Å². The zero-order valence-corrected chi connectivity index (χ0v) is 12.0. The molecule has 2 aromatic rings. The van der Waals surface area contributed by atoms with Crippen molar-refractivity contribution in [1.82, 2.24) is 0 Å². The number of hydrogen-bond donors (Lipinski definition) is 0. The zero-order valence-electron chi connectivity index (χ0n) is 9.69. The first-order chi connectivity index (χ1) is 9.05. The molecule has 0 amide bonds. The lowest BCUT2D eigenvalue weighted by atomic mass is 9.94. The standard InChI is InChI=1S/C15H8BrClO2/c16-15(9-4-3-5-10(17)8-9)13(18)11-6-1-2-7-12(11)14(15)19/h1-8H. The van der Waals surface area contributed by atoms with Crippen molar-refractivity contribution < 1.29 is 9.59 Å². The zero-order chi connectivity index (χ0) is 13.6.